The van der Waals surface area contributed by atoms with Crippen molar-refractivity contribution in [1.29, 1.82) is 0 Å². The van der Waals surface area contributed by atoms with Gasteiger partial charge in [0.2, 0.25) is 5.95 Å². The second-order valence-electron chi connectivity index (χ2n) is 10.8. The van der Waals surface area contributed by atoms with Crippen LogP contribution in [0.3, 0.4) is 0 Å². The third kappa shape index (κ3) is 8.58. The molecule has 1 saturated heterocycles. The molecule has 1 fully saturated rings. The molecule has 2 aromatic carbocycles. The maximum atomic E-state index is 11.5. The van der Waals surface area contributed by atoms with Crippen LogP contribution in [0.2, 0.25) is 0 Å². The van der Waals surface area contributed by atoms with Crippen molar-refractivity contribution >= 4 is 23.6 Å². The first kappa shape index (κ1) is 28.7. The normalized spacial score (nSPS) is 15.7. The Morgan fingerprint density at radius 3 is 2.64 bits per heavy atom. The molecule has 8 heteroatoms. The molecule has 4 rings (SSSR count). The molecule has 8 nitrogen and oxygen atoms in total. The molecule has 1 aromatic heterocycles. The lowest BCUT2D eigenvalue weighted by atomic mass is 10.1. The van der Waals surface area contributed by atoms with Gasteiger partial charge in [0.25, 0.3) is 0 Å². The van der Waals surface area contributed by atoms with Crippen LogP contribution in [-0.4, -0.2) is 71.9 Å². The summed E-state index contributed by atoms with van der Waals surface area (Å²) in [5.41, 5.74) is 6.34. The van der Waals surface area contributed by atoms with Crippen molar-refractivity contribution in [2.24, 2.45) is 0 Å². The Bertz CT molecular complexity index is 1200. The summed E-state index contributed by atoms with van der Waals surface area (Å²) in [5.74, 6) is 0.556. The highest BCUT2D eigenvalue weighted by molar-refractivity contribution is 5.66. The van der Waals surface area contributed by atoms with Gasteiger partial charge in [0, 0.05) is 42.3 Å². The van der Waals surface area contributed by atoms with Crippen molar-refractivity contribution in [3.63, 3.8) is 0 Å². The SMILES string of the molecule is CNCCCN(C)Cc1ccc(-c2ccnc(Nc3cc(CN4CCC[C@H]4C=O)cc(NC(C)C)c3)n2)cc1. The molecule has 2 heterocycles. The Morgan fingerprint density at radius 1 is 1.10 bits per heavy atom. The number of hydrogen-bond donors (Lipinski definition) is 3. The molecule has 3 N–H and O–H groups in total. The molecule has 0 bridgehead atoms. The molecule has 3 aromatic rings. The summed E-state index contributed by atoms with van der Waals surface area (Å²) in [6.45, 7) is 8.97. The zero-order chi connectivity index (χ0) is 27.6. The minimum absolute atomic E-state index is 0.00767. The van der Waals surface area contributed by atoms with Gasteiger partial charge in [0.15, 0.2) is 0 Å². The molecular weight excluding hydrogens is 486 g/mol. The van der Waals surface area contributed by atoms with E-state index in [1.54, 1.807) is 6.20 Å². The third-order valence-electron chi connectivity index (χ3n) is 6.99. The van der Waals surface area contributed by atoms with Gasteiger partial charge in [0.05, 0.1) is 11.7 Å². The van der Waals surface area contributed by atoms with Crippen LogP contribution in [0.25, 0.3) is 11.3 Å². The van der Waals surface area contributed by atoms with Gasteiger partial charge in [0.1, 0.15) is 6.29 Å². The summed E-state index contributed by atoms with van der Waals surface area (Å²) < 4.78 is 0. The summed E-state index contributed by atoms with van der Waals surface area (Å²) in [6.07, 6.45) is 6.01. The number of carbonyl (C=O) groups excluding carboxylic acids is 1. The van der Waals surface area contributed by atoms with E-state index in [-0.39, 0.29) is 6.04 Å². The molecule has 0 saturated carbocycles. The smallest absolute Gasteiger partial charge is 0.227 e. The number of nitrogens with one attached hydrogen (secondary N) is 3. The lowest BCUT2D eigenvalue weighted by Gasteiger charge is -2.21. The number of aromatic nitrogens is 2. The van der Waals surface area contributed by atoms with E-state index in [2.05, 4.69) is 94.1 Å². The molecule has 39 heavy (non-hydrogen) atoms. The topological polar surface area (TPSA) is 85.4 Å². The van der Waals surface area contributed by atoms with Gasteiger partial charge >= 0.3 is 0 Å². The van der Waals surface area contributed by atoms with E-state index in [1.807, 2.05) is 13.1 Å². The zero-order valence-corrected chi connectivity index (χ0v) is 23.8. The van der Waals surface area contributed by atoms with Crippen LogP contribution in [0.1, 0.15) is 44.2 Å². The van der Waals surface area contributed by atoms with Gasteiger partial charge in [-0.15, -0.1) is 0 Å². The molecule has 0 aliphatic carbocycles. The predicted molar refractivity (Wildman–Crippen MR) is 160 cm³/mol. The number of rotatable bonds is 14. The largest absolute Gasteiger partial charge is 0.383 e. The highest BCUT2D eigenvalue weighted by Gasteiger charge is 2.24. The highest BCUT2D eigenvalue weighted by Crippen LogP contribution is 2.26. The average Bonchev–Trinajstić information content (AvgIpc) is 3.36. The molecule has 0 radical (unpaired) electrons. The molecule has 0 unspecified atom stereocenters. The van der Waals surface area contributed by atoms with Gasteiger partial charge in [-0.05, 0) is 102 Å². The van der Waals surface area contributed by atoms with Crippen molar-refractivity contribution in [2.75, 3.05) is 44.4 Å². The Balaban J connectivity index is 1.47. The number of aldehydes is 1. The number of anilines is 3. The number of nitrogens with zero attached hydrogens (tertiary/aromatic N) is 4. The molecule has 0 spiro atoms. The Labute approximate surface area is 233 Å². The van der Waals surface area contributed by atoms with Crippen LogP contribution < -0.4 is 16.0 Å². The van der Waals surface area contributed by atoms with E-state index >= 15 is 0 Å². The van der Waals surface area contributed by atoms with Crippen molar-refractivity contribution in [2.45, 2.75) is 58.3 Å². The van der Waals surface area contributed by atoms with Crippen LogP contribution in [0.5, 0.6) is 0 Å². The monoisotopic (exact) mass is 529 g/mol. The van der Waals surface area contributed by atoms with Crippen LogP contribution in [-0.2, 0) is 17.9 Å². The van der Waals surface area contributed by atoms with E-state index in [0.717, 1.165) is 86.5 Å². The molecule has 1 aliphatic heterocycles. The average molecular weight is 530 g/mol. The maximum absolute atomic E-state index is 11.5. The Morgan fingerprint density at radius 2 is 1.90 bits per heavy atom. The quantitative estimate of drug-likeness (QED) is 0.201. The molecule has 208 valence electrons. The third-order valence-corrected chi connectivity index (χ3v) is 6.99. The minimum atomic E-state index is 0.00767. The van der Waals surface area contributed by atoms with Crippen molar-refractivity contribution < 1.29 is 4.79 Å². The first-order valence-corrected chi connectivity index (χ1v) is 14.1. The lowest BCUT2D eigenvalue weighted by Crippen LogP contribution is -2.29. The second kappa shape index (κ2) is 14.2. The van der Waals surface area contributed by atoms with Crippen molar-refractivity contribution in [3.8, 4) is 11.3 Å². The fourth-order valence-electron chi connectivity index (χ4n) is 5.12. The van der Waals surface area contributed by atoms with E-state index in [4.69, 9.17) is 4.98 Å². The number of carbonyl (C=O) groups is 1. The minimum Gasteiger partial charge on any atom is -0.383 e. The number of likely N-dealkylation sites (tertiary alicyclic amines) is 1. The van der Waals surface area contributed by atoms with E-state index in [9.17, 15) is 4.79 Å². The molecule has 0 amide bonds. The summed E-state index contributed by atoms with van der Waals surface area (Å²) >= 11 is 0. The van der Waals surface area contributed by atoms with Crippen LogP contribution in [0.4, 0.5) is 17.3 Å². The maximum Gasteiger partial charge on any atom is 0.227 e. The second-order valence-corrected chi connectivity index (χ2v) is 10.8. The first-order chi connectivity index (χ1) is 18.9. The summed E-state index contributed by atoms with van der Waals surface area (Å²) in [5, 5.41) is 10.1. The number of benzene rings is 2. The first-order valence-electron chi connectivity index (χ1n) is 14.1. The van der Waals surface area contributed by atoms with Gasteiger partial charge in [-0.3, -0.25) is 4.90 Å². The van der Waals surface area contributed by atoms with Crippen LogP contribution in [0.15, 0.2) is 54.7 Å². The molecular formula is C31H43N7O. The van der Waals surface area contributed by atoms with Gasteiger partial charge in [-0.2, -0.15) is 0 Å². The standard InChI is InChI=1S/C31H43N7O/c1-23(2)34-27-17-25(21-38-16-5-7-29(38)22-39)18-28(19-27)35-31-33-14-12-30(36-31)26-10-8-24(9-11-26)20-37(4)15-6-13-32-3/h8-12,14,17-19,22-23,29,32,34H,5-7,13,15-16,20-21H2,1-4H3,(H,33,35,36)/t29-/m0/s1. The molecule has 1 atom stereocenters. The number of hydrogen-bond acceptors (Lipinski definition) is 8. The summed E-state index contributed by atoms with van der Waals surface area (Å²) in [4.78, 5) is 25.4. The van der Waals surface area contributed by atoms with E-state index < -0.39 is 0 Å². The fraction of sp³-hybridized carbons (Fsp3) is 0.452. The fourth-order valence-corrected chi connectivity index (χ4v) is 5.12. The predicted octanol–water partition coefficient (Wildman–Crippen LogP) is 4.91. The van der Waals surface area contributed by atoms with Crippen LogP contribution in [0, 0.1) is 0 Å². The lowest BCUT2D eigenvalue weighted by molar-refractivity contribution is -0.111. The summed E-state index contributed by atoms with van der Waals surface area (Å²) in [6, 6.07) is 17.3. The molecule has 1 aliphatic rings. The highest BCUT2D eigenvalue weighted by atomic mass is 16.1. The zero-order valence-electron chi connectivity index (χ0n) is 23.8. The van der Waals surface area contributed by atoms with Crippen molar-refractivity contribution in [3.05, 3.63) is 65.9 Å². The van der Waals surface area contributed by atoms with Gasteiger partial charge < -0.3 is 25.6 Å². The Hall–Kier alpha value is -3.33. The van der Waals surface area contributed by atoms with Crippen LogP contribution >= 0.6 is 0 Å². The van der Waals surface area contributed by atoms with Gasteiger partial charge in [-0.25, -0.2) is 9.97 Å². The van der Waals surface area contributed by atoms with Crippen molar-refractivity contribution in [1.82, 2.24) is 25.1 Å². The van der Waals surface area contributed by atoms with E-state index in [0.29, 0.717) is 12.0 Å². The Kier molecular flexibility index (Phi) is 10.4. The summed E-state index contributed by atoms with van der Waals surface area (Å²) in [7, 11) is 4.15. The van der Waals surface area contributed by atoms with Gasteiger partial charge in [-0.1, -0.05) is 24.3 Å². The van der Waals surface area contributed by atoms with E-state index in [1.165, 1.54) is 5.56 Å².